The van der Waals surface area contributed by atoms with Crippen molar-refractivity contribution in [1.29, 1.82) is 0 Å². The van der Waals surface area contributed by atoms with Crippen molar-refractivity contribution >= 4 is 35.1 Å². The number of hydrogen-bond acceptors (Lipinski definition) is 5. The molecule has 2 atom stereocenters. The Balaban J connectivity index is 1.89. The normalized spacial score (nSPS) is 22.1. The van der Waals surface area contributed by atoms with E-state index in [0.717, 1.165) is 4.90 Å². The predicted octanol–water partition coefficient (Wildman–Crippen LogP) is 1.59. The van der Waals surface area contributed by atoms with E-state index in [4.69, 9.17) is 16.3 Å². The summed E-state index contributed by atoms with van der Waals surface area (Å²) >= 11 is 5.87. The molecule has 1 aromatic carbocycles. The van der Waals surface area contributed by atoms with Crippen LogP contribution in [0, 0.1) is 5.92 Å². The first-order valence-electron chi connectivity index (χ1n) is 8.44. The van der Waals surface area contributed by atoms with Gasteiger partial charge in [-0.25, -0.2) is 4.79 Å². The number of halogens is 1. The van der Waals surface area contributed by atoms with Gasteiger partial charge in [-0.1, -0.05) is 11.6 Å². The molecule has 0 saturated carbocycles. The van der Waals surface area contributed by atoms with Gasteiger partial charge in [0.25, 0.3) is 5.91 Å². The van der Waals surface area contributed by atoms with Crippen LogP contribution in [0.4, 0.5) is 10.5 Å². The molecular formula is C18H21ClN4O4. The lowest BCUT2D eigenvalue weighted by atomic mass is 10.0. The lowest BCUT2D eigenvalue weighted by Gasteiger charge is -2.43. The third-order valence-electron chi connectivity index (χ3n) is 4.76. The average molecular weight is 393 g/mol. The number of hydrogen-bond donors (Lipinski definition) is 1. The molecule has 3 rings (SSSR count). The highest BCUT2D eigenvalue weighted by atomic mass is 35.5. The van der Waals surface area contributed by atoms with Crippen molar-refractivity contribution in [2.45, 2.75) is 6.17 Å². The number of nitrogens with one attached hydrogen (secondary N) is 1. The minimum absolute atomic E-state index is 0.334. The largest absolute Gasteiger partial charge is 0.383 e. The molecule has 2 heterocycles. The van der Waals surface area contributed by atoms with Crippen LogP contribution in [0.1, 0.15) is 0 Å². The van der Waals surface area contributed by atoms with Gasteiger partial charge >= 0.3 is 6.03 Å². The summed E-state index contributed by atoms with van der Waals surface area (Å²) in [4.78, 5) is 42.1. The van der Waals surface area contributed by atoms with E-state index in [-0.39, 0.29) is 11.8 Å². The molecule has 2 aliphatic heterocycles. The fourth-order valence-corrected chi connectivity index (χ4v) is 3.51. The number of anilines is 1. The van der Waals surface area contributed by atoms with E-state index in [2.05, 4.69) is 5.32 Å². The van der Waals surface area contributed by atoms with E-state index in [0.29, 0.717) is 29.6 Å². The van der Waals surface area contributed by atoms with Gasteiger partial charge in [0.2, 0.25) is 5.91 Å². The second-order valence-electron chi connectivity index (χ2n) is 6.43. The standard InChI is InChI=1S/C18H21ClN4O4/c1-21-16-13(17(25)22(2)18(21)26)10-14(23(16)8-9-27-3)15(24)20-12-6-4-11(19)5-7-12/h4-7,10,13,16H,8-9H2,1-3H3,(H,20,24). The van der Waals surface area contributed by atoms with Gasteiger partial charge in [-0.15, -0.1) is 0 Å². The Kier molecular flexibility index (Phi) is 5.38. The second kappa shape index (κ2) is 7.58. The van der Waals surface area contributed by atoms with E-state index < -0.39 is 18.1 Å². The molecule has 0 aromatic heterocycles. The molecule has 1 N–H and O–H groups in total. The first-order chi connectivity index (χ1) is 12.8. The zero-order chi connectivity index (χ0) is 19.7. The number of benzene rings is 1. The molecule has 0 bridgehead atoms. The summed E-state index contributed by atoms with van der Waals surface area (Å²) < 4.78 is 5.14. The molecule has 9 heteroatoms. The zero-order valence-corrected chi connectivity index (χ0v) is 16.1. The molecule has 0 radical (unpaired) electrons. The summed E-state index contributed by atoms with van der Waals surface area (Å²) in [6.45, 7) is 0.715. The van der Waals surface area contributed by atoms with Crippen molar-refractivity contribution in [3.8, 4) is 0 Å². The van der Waals surface area contributed by atoms with Gasteiger partial charge in [0.15, 0.2) is 0 Å². The van der Waals surface area contributed by atoms with Gasteiger partial charge in [-0.3, -0.25) is 14.5 Å². The maximum absolute atomic E-state index is 12.9. The Morgan fingerprint density at radius 2 is 1.89 bits per heavy atom. The lowest BCUT2D eigenvalue weighted by Crippen LogP contribution is -2.62. The first kappa shape index (κ1) is 19.2. The number of nitrogens with zero attached hydrogens (tertiary/aromatic N) is 3. The quantitative estimate of drug-likeness (QED) is 0.822. The van der Waals surface area contributed by atoms with Gasteiger partial charge < -0.3 is 19.9 Å². The molecule has 2 aliphatic rings. The number of carbonyl (C=O) groups is 3. The Bertz CT molecular complexity index is 795. The summed E-state index contributed by atoms with van der Waals surface area (Å²) in [7, 11) is 4.62. The van der Waals surface area contributed by atoms with Gasteiger partial charge in [-0.2, -0.15) is 0 Å². The molecule has 2 unspecified atom stereocenters. The van der Waals surface area contributed by atoms with Crippen molar-refractivity contribution in [1.82, 2.24) is 14.7 Å². The highest BCUT2D eigenvalue weighted by molar-refractivity contribution is 6.30. The van der Waals surface area contributed by atoms with Crippen molar-refractivity contribution in [2.24, 2.45) is 5.92 Å². The number of ether oxygens (including phenoxy) is 1. The fourth-order valence-electron chi connectivity index (χ4n) is 3.38. The van der Waals surface area contributed by atoms with Crippen LogP contribution in [-0.2, 0) is 14.3 Å². The third kappa shape index (κ3) is 3.50. The molecule has 0 aliphatic carbocycles. The van der Waals surface area contributed by atoms with Crippen molar-refractivity contribution < 1.29 is 19.1 Å². The summed E-state index contributed by atoms with van der Waals surface area (Å²) in [5.41, 5.74) is 0.917. The molecule has 1 fully saturated rings. The number of fused-ring (bicyclic) bond motifs is 1. The monoisotopic (exact) mass is 392 g/mol. The minimum Gasteiger partial charge on any atom is -0.383 e. The highest BCUT2D eigenvalue weighted by Crippen LogP contribution is 2.34. The highest BCUT2D eigenvalue weighted by Gasteiger charge is 2.50. The van der Waals surface area contributed by atoms with Crippen LogP contribution in [-0.4, -0.2) is 73.1 Å². The topological polar surface area (TPSA) is 82.2 Å². The van der Waals surface area contributed by atoms with E-state index in [1.54, 1.807) is 49.4 Å². The van der Waals surface area contributed by atoms with Crippen LogP contribution in [0.25, 0.3) is 0 Å². The minimum atomic E-state index is -0.611. The number of methoxy groups -OCH3 is 1. The van der Waals surface area contributed by atoms with Crippen molar-refractivity contribution in [3.63, 3.8) is 0 Å². The Morgan fingerprint density at radius 1 is 1.22 bits per heavy atom. The summed E-state index contributed by atoms with van der Waals surface area (Å²) in [6.07, 6.45) is 1.06. The lowest BCUT2D eigenvalue weighted by molar-refractivity contribution is -0.137. The van der Waals surface area contributed by atoms with Crippen LogP contribution in [0.3, 0.4) is 0 Å². The smallest absolute Gasteiger partial charge is 0.327 e. The van der Waals surface area contributed by atoms with Crippen molar-refractivity contribution in [3.05, 3.63) is 41.1 Å². The predicted molar refractivity (Wildman–Crippen MR) is 100.0 cm³/mol. The Hall–Kier alpha value is -2.58. The van der Waals surface area contributed by atoms with Gasteiger partial charge in [0.1, 0.15) is 11.9 Å². The van der Waals surface area contributed by atoms with Gasteiger partial charge in [0, 0.05) is 38.5 Å². The van der Waals surface area contributed by atoms with Crippen LogP contribution < -0.4 is 5.32 Å². The average Bonchev–Trinajstić information content (AvgIpc) is 3.04. The number of imide groups is 1. The summed E-state index contributed by atoms with van der Waals surface area (Å²) in [5, 5.41) is 3.37. The van der Waals surface area contributed by atoms with E-state index in [1.807, 2.05) is 0 Å². The van der Waals surface area contributed by atoms with Crippen LogP contribution in [0.2, 0.25) is 5.02 Å². The zero-order valence-electron chi connectivity index (χ0n) is 15.3. The third-order valence-corrected chi connectivity index (χ3v) is 5.01. The second-order valence-corrected chi connectivity index (χ2v) is 6.87. The Morgan fingerprint density at radius 3 is 2.52 bits per heavy atom. The summed E-state index contributed by atoms with van der Waals surface area (Å²) in [5.74, 6) is -1.31. The maximum Gasteiger partial charge on any atom is 0.327 e. The number of carbonyl (C=O) groups excluding carboxylic acids is 3. The van der Waals surface area contributed by atoms with Crippen LogP contribution in [0.5, 0.6) is 0 Å². The molecule has 144 valence electrons. The molecule has 0 spiro atoms. The Labute approximate surface area is 162 Å². The first-order valence-corrected chi connectivity index (χ1v) is 8.81. The van der Waals surface area contributed by atoms with Crippen LogP contribution in [0.15, 0.2) is 36.0 Å². The van der Waals surface area contributed by atoms with E-state index >= 15 is 0 Å². The van der Waals surface area contributed by atoms with Gasteiger partial charge in [-0.05, 0) is 30.3 Å². The van der Waals surface area contributed by atoms with E-state index in [1.165, 1.54) is 11.9 Å². The molecule has 8 nitrogen and oxygen atoms in total. The molecule has 1 saturated heterocycles. The van der Waals surface area contributed by atoms with Gasteiger partial charge in [0.05, 0.1) is 12.5 Å². The molecule has 1 aromatic rings. The van der Waals surface area contributed by atoms with Crippen LogP contribution >= 0.6 is 11.6 Å². The maximum atomic E-state index is 12.9. The van der Waals surface area contributed by atoms with Crippen molar-refractivity contribution in [2.75, 3.05) is 39.7 Å². The SMILES string of the molecule is COCCN1C(C(=O)Nc2ccc(Cl)cc2)=CC2C(=O)N(C)C(=O)N(C)C21. The molecule has 4 amide bonds. The number of rotatable bonds is 5. The molecular weight excluding hydrogens is 372 g/mol. The summed E-state index contributed by atoms with van der Waals surface area (Å²) in [6, 6.07) is 6.32. The molecule has 27 heavy (non-hydrogen) atoms. The number of amides is 4. The number of urea groups is 1. The van der Waals surface area contributed by atoms with E-state index in [9.17, 15) is 14.4 Å². The fraction of sp³-hybridized carbons (Fsp3) is 0.389.